The molecule has 7 nitrogen and oxygen atoms in total. The van der Waals surface area contributed by atoms with Crippen molar-refractivity contribution in [2.45, 2.75) is 6.10 Å². The van der Waals surface area contributed by atoms with Gasteiger partial charge < -0.3 is 19.7 Å². The smallest absolute Gasteiger partial charge is 0.334 e. The molecule has 0 bridgehead atoms. The van der Waals surface area contributed by atoms with E-state index in [1.165, 1.54) is 17.3 Å². The third kappa shape index (κ3) is 2.45. The standard InChI is InChI=1S/C13H12FN3O4/c14-7-3-8(11-9(4-7)15-6-16-11)12(18)17-1-2-21-10(5-17)13(19)20/h3-4,6,10H,1-2,5H2,(H,15,16)(H,19,20). The fourth-order valence-electron chi connectivity index (χ4n) is 2.33. The van der Waals surface area contributed by atoms with E-state index in [4.69, 9.17) is 9.84 Å². The number of morpholine rings is 1. The second-order valence-corrected chi connectivity index (χ2v) is 4.70. The van der Waals surface area contributed by atoms with Crippen LogP contribution in [-0.4, -0.2) is 57.7 Å². The van der Waals surface area contributed by atoms with E-state index in [9.17, 15) is 14.0 Å². The molecule has 1 unspecified atom stereocenters. The number of carbonyl (C=O) groups is 2. The van der Waals surface area contributed by atoms with E-state index in [0.717, 1.165) is 6.07 Å². The quantitative estimate of drug-likeness (QED) is 0.846. The molecule has 21 heavy (non-hydrogen) atoms. The minimum Gasteiger partial charge on any atom is -0.479 e. The monoisotopic (exact) mass is 293 g/mol. The molecular formula is C13H12FN3O4. The lowest BCUT2D eigenvalue weighted by molar-refractivity contribution is -0.154. The number of halogens is 1. The van der Waals surface area contributed by atoms with Gasteiger partial charge in [-0.15, -0.1) is 0 Å². The first kappa shape index (κ1) is 13.5. The number of benzene rings is 1. The summed E-state index contributed by atoms with van der Waals surface area (Å²) in [5, 5.41) is 8.95. The lowest BCUT2D eigenvalue weighted by Gasteiger charge is -2.30. The van der Waals surface area contributed by atoms with E-state index in [2.05, 4.69) is 9.97 Å². The van der Waals surface area contributed by atoms with Crippen molar-refractivity contribution in [2.75, 3.05) is 19.7 Å². The number of hydrogen-bond donors (Lipinski definition) is 2. The molecule has 1 aliphatic rings. The first-order valence-corrected chi connectivity index (χ1v) is 6.32. The van der Waals surface area contributed by atoms with Crippen molar-refractivity contribution >= 4 is 22.9 Å². The molecule has 0 radical (unpaired) electrons. The van der Waals surface area contributed by atoms with Crippen LogP contribution in [-0.2, 0) is 9.53 Å². The molecule has 1 aliphatic heterocycles. The zero-order chi connectivity index (χ0) is 15.0. The molecule has 0 spiro atoms. The van der Waals surface area contributed by atoms with Crippen molar-refractivity contribution in [1.82, 2.24) is 14.9 Å². The molecule has 1 fully saturated rings. The minimum absolute atomic E-state index is 0.0728. The maximum atomic E-state index is 13.6. The van der Waals surface area contributed by atoms with Crippen molar-refractivity contribution in [3.8, 4) is 0 Å². The third-order valence-corrected chi connectivity index (χ3v) is 3.35. The molecule has 0 saturated carbocycles. The zero-order valence-electron chi connectivity index (χ0n) is 10.9. The number of nitrogens with one attached hydrogen (secondary N) is 1. The Hall–Kier alpha value is -2.48. The highest BCUT2D eigenvalue weighted by molar-refractivity contribution is 6.05. The Balaban J connectivity index is 1.93. The first-order chi connectivity index (χ1) is 10.1. The van der Waals surface area contributed by atoms with Gasteiger partial charge >= 0.3 is 5.97 Å². The molecule has 2 N–H and O–H groups in total. The molecule has 1 saturated heterocycles. The zero-order valence-corrected chi connectivity index (χ0v) is 10.9. The maximum absolute atomic E-state index is 13.6. The summed E-state index contributed by atoms with van der Waals surface area (Å²) >= 11 is 0. The highest BCUT2D eigenvalue weighted by atomic mass is 19.1. The highest BCUT2D eigenvalue weighted by Crippen LogP contribution is 2.20. The second kappa shape index (κ2) is 5.13. The molecule has 110 valence electrons. The van der Waals surface area contributed by atoms with Crippen LogP contribution < -0.4 is 0 Å². The molecule has 3 rings (SSSR count). The van der Waals surface area contributed by atoms with E-state index in [1.807, 2.05) is 0 Å². The van der Waals surface area contributed by atoms with E-state index in [0.29, 0.717) is 11.0 Å². The van der Waals surface area contributed by atoms with Gasteiger partial charge in [-0.25, -0.2) is 14.2 Å². The Labute approximate surface area is 118 Å². The molecule has 8 heteroatoms. The van der Waals surface area contributed by atoms with Crippen LogP contribution in [0.4, 0.5) is 4.39 Å². The summed E-state index contributed by atoms with van der Waals surface area (Å²) in [5.41, 5.74) is 0.887. The number of aromatic amines is 1. The summed E-state index contributed by atoms with van der Waals surface area (Å²) in [6, 6.07) is 2.36. The van der Waals surface area contributed by atoms with Gasteiger partial charge in [-0.2, -0.15) is 0 Å². The lowest BCUT2D eigenvalue weighted by atomic mass is 10.1. The van der Waals surface area contributed by atoms with E-state index in [1.54, 1.807) is 0 Å². The van der Waals surface area contributed by atoms with Gasteiger partial charge in [0, 0.05) is 6.54 Å². The summed E-state index contributed by atoms with van der Waals surface area (Å²) < 4.78 is 18.6. The third-order valence-electron chi connectivity index (χ3n) is 3.35. The summed E-state index contributed by atoms with van der Waals surface area (Å²) in [7, 11) is 0. The number of carboxylic acids is 1. The van der Waals surface area contributed by atoms with Crippen molar-refractivity contribution < 1.29 is 23.8 Å². The van der Waals surface area contributed by atoms with Crippen LogP contribution in [0.15, 0.2) is 18.5 Å². The first-order valence-electron chi connectivity index (χ1n) is 6.32. The Kier molecular flexibility index (Phi) is 3.30. The Morgan fingerprint density at radius 2 is 2.29 bits per heavy atom. The van der Waals surface area contributed by atoms with E-state index < -0.39 is 23.8 Å². The van der Waals surface area contributed by atoms with Crippen molar-refractivity contribution in [3.05, 3.63) is 29.8 Å². The van der Waals surface area contributed by atoms with Gasteiger partial charge in [-0.3, -0.25) is 4.79 Å². The number of H-pyrrole nitrogens is 1. The van der Waals surface area contributed by atoms with E-state index in [-0.39, 0.29) is 25.3 Å². The van der Waals surface area contributed by atoms with Gasteiger partial charge in [0.1, 0.15) is 11.3 Å². The van der Waals surface area contributed by atoms with Crippen LogP contribution in [0.2, 0.25) is 0 Å². The van der Waals surface area contributed by atoms with Gasteiger partial charge in [0.2, 0.25) is 0 Å². The number of imidazole rings is 1. The molecule has 1 atom stereocenters. The molecule has 2 aromatic rings. The predicted molar refractivity (Wildman–Crippen MR) is 69.3 cm³/mol. The minimum atomic E-state index is -1.13. The van der Waals surface area contributed by atoms with Crippen LogP contribution in [0, 0.1) is 5.82 Å². The topological polar surface area (TPSA) is 95.5 Å². The van der Waals surface area contributed by atoms with Gasteiger partial charge in [0.25, 0.3) is 5.91 Å². The number of rotatable bonds is 2. The molecule has 0 aliphatic carbocycles. The summed E-state index contributed by atoms with van der Waals surface area (Å²) in [5.74, 6) is -2.14. The number of hydrogen-bond acceptors (Lipinski definition) is 4. The Morgan fingerprint density at radius 3 is 3.05 bits per heavy atom. The lowest BCUT2D eigenvalue weighted by Crippen LogP contribution is -2.48. The van der Waals surface area contributed by atoms with Gasteiger partial charge in [-0.05, 0) is 12.1 Å². The normalized spacial score (nSPS) is 18.9. The number of amides is 1. The second-order valence-electron chi connectivity index (χ2n) is 4.70. The molecular weight excluding hydrogens is 281 g/mol. The number of fused-ring (bicyclic) bond motifs is 1. The van der Waals surface area contributed by atoms with Crippen molar-refractivity contribution in [1.29, 1.82) is 0 Å². The maximum Gasteiger partial charge on any atom is 0.334 e. The van der Waals surface area contributed by atoms with E-state index >= 15 is 0 Å². The number of aliphatic carboxylic acids is 1. The fraction of sp³-hybridized carbons (Fsp3) is 0.308. The average molecular weight is 293 g/mol. The van der Waals surface area contributed by atoms with Crippen LogP contribution in [0.3, 0.4) is 0 Å². The van der Waals surface area contributed by atoms with Crippen LogP contribution in [0.25, 0.3) is 11.0 Å². The summed E-state index contributed by atoms with van der Waals surface area (Å²) in [4.78, 5) is 31.5. The number of aromatic nitrogens is 2. The van der Waals surface area contributed by atoms with Crippen LogP contribution in [0.1, 0.15) is 10.4 Å². The number of carboxylic acid groups (broad SMARTS) is 1. The Morgan fingerprint density at radius 1 is 1.48 bits per heavy atom. The fourth-order valence-corrected chi connectivity index (χ4v) is 2.33. The average Bonchev–Trinajstić information content (AvgIpc) is 2.93. The molecule has 2 heterocycles. The molecule has 1 aromatic carbocycles. The summed E-state index contributed by atoms with van der Waals surface area (Å²) in [6.45, 7) is 0.309. The largest absolute Gasteiger partial charge is 0.479 e. The van der Waals surface area contributed by atoms with Gasteiger partial charge in [0.15, 0.2) is 6.10 Å². The summed E-state index contributed by atoms with van der Waals surface area (Å²) in [6.07, 6.45) is 0.311. The SMILES string of the molecule is O=C(O)C1CN(C(=O)c2cc(F)cc3[nH]cnc23)CCO1. The van der Waals surface area contributed by atoms with Crippen molar-refractivity contribution in [3.63, 3.8) is 0 Å². The van der Waals surface area contributed by atoms with Gasteiger partial charge in [0.05, 0.1) is 30.6 Å². The number of nitrogens with zero attached hydrogens (tertiary/aromatic N) is 2. The molecule has 1 amide bonds. The van der Waals surface area contributed by atoms with Gasteiger partial charge in [-0.1, -0.05) is 0 Å². The van der Waals surface area contributed by atoms with Crippen LogP contribution in [0.5, 0.6) is 0 Å². The number of ether oxygens (including phenoxy) is 1. The van der Waals surface area contributed by atoms with Crippen molar-refractivity contribution in [2.24, 2.45) is 0 Å². The predicted octanol–water partition coefficient (Wildman–Crippen LogP) is 0.628. The van der Waals surface area contributed by atoms with Crippen LogP contribution >= 0.6 is 0 Å². The highest BCUT2D eigenvalue weighted by Gasteiger charge is 2.30. The molecule has 1 aromatic heterocycles. The Bertz CT molecular complexity index is 715. The number of carbonyl (C=O) groups excluding carboxylic acids is 1.